The molecule has 0 aromatic heterocycles. The SMILES string of the molecule is CCCCCCCCCCOC(CCCCCCCCC)NN. The fraction of sp³-hybridized carbons (Fsp3) is 1.00. The highest BCUT2D eigenvalue weighted by Gasteiger charge is 2.05. The van der Waals surface area contributed by atoms with Gasteiger partial charge in [0.2, 0.25) is 0 Å². The van der Waals surface area contributed by atoms with Crippen molar-refractivity contribution in [3.05, 3.63) is 0 Å². The van der Waals surface area contributed by atoms with Crippen molar-refractivity contribution < 1.29 is 4.74 Å². The van der Waals surface area contributed by atoms with E-state index in [0.717, 1.165) is 13.0 Å². The summed E-state index contributed by atoms with van der Waals surface area (Å²) in [5.41, 5.74) is 2.82. The van der Waals surface area contributed by atoms with Gasteiger partial charge in [-0.25, -0.2) is 5.43 Å². The number of nitrogens with two attached hydrogens (primary N) is 1. The smallest absolute Gasteiger partial charge is 0.120 e. The minimum atomic E-state index is 0.0511. The number of hydrazine groups is 1. The highest BCUT2D eigenvalue weighted by molar-refractivity contribution is 4.54. The van der Waals surface area contributed by atoms with Gasteiger partial charge in [-0.3, -0.25) is 5.84 Å². The molecular weight excluding hydrogens is 284 g/mol. The van der Waals surface area contributed by atoms with Gasteiger partial charge in [0.05, 0.1) is 0 Å². The molecule has 0 aromatic rings. The molecule has 3 nitrogen and oxygen atoms in total. The molecular formula is C20H44N2O. The number of ether oxygens (including phenoxy) is 1. The van der Waals surface area contributed by atoms with E-state index in [4.69, 9.17) is 10.6 Å². The van der Waals surface area contributed by atoms with Crippen LogP contribution in [-0.2, 0) is 4.74 Å². The van der Waals surface area contributed by atoms with Gasteiger partial charge < -0.3 is 4.74 Å². The van der Waals surface area contributed by atoms with Gasteiger partial charge in [0.15, 0.2) is 0 Å². The van der Waals surface area contributed by atoms with Gasteiger partial charge in [-0.05, 0) is 19.3 Å². The van der Waals surface area contributed by atoms with Gasteiger partial charge in [0.25, 0.3) is 0 Å². The van der Waals surface area contributed by atoms with Crippen LogP contribution < -0.4 is 11.3 Å². The molecule has 0 saturated carbocycles. The Hall–Kier alpha value is -0.120. The first-order valence-electron chi connectivity index (χ1n) is 10.4. The molecule has 0 aliphatic rings. The van der Waals surface area contributed by atoms with Crippen molar-refractivity contribution >= 4 is 0 Å². The second-order valence-corrected chi connectivity index (χ2v) is 6.91. The lowest BCUT2D eigenvalue weighted by molar-refractivity contribution is 0.0202. The van der Waals surface area contributed by atoms with E-state index in [1.807, 2.05) is 0 Å². The average molecular weight is 329 g/mol. The highest BCUT2D eigenvalue weighted by Crippen LogP contribution is 2.11. The molecule has 3 heteroatoms. The molecule has 0 heterocycles. The predicted octanol–water partition coefficient (Wildman–Crippen LogP) is 6.07. The van der Waals surface area contributed by atoms with Gasteiger partial charge in [0.1, 0.15) is 6.23 Å². The summed E-state index contributed by atoms with van der Waals surface area (Å²) in [5.74, 6) is 5.59. The molecule has 0 aromatic carbocycles. The van der Waals surface area contributed by atoms with Crippen LogP contribution in [0.1, 0.15) is 117 Å². The summed E-state index contributed by atoms with van der Waals surface area (Å²) in [6.45, 7) is 5.38. The molecule has 0 bridgehead atoms. The van der Waals surface area contributed by atoms with E-state index in [0.29, 0.717) is 0 Å². The number of nitrogens with one attached hydrogen (secondary N) is 1. The zero-order valence-corrected chi connectivity index (χ0v) is 16.1. The monoisotopic (exact) mass is 328 g/mol. The molecule has 1 atom stereocenters. The molecule has 0 rings (SSSR count). The van der Waals surface area contributed by atoms with Crippen molar-refractivity contribution in [2.75, 3.05) is 6.61 Å². The maximum Gasteiger partial charge on any atom is 0.120 e. The summed E-state index contributed by atoms with van der Waals surface area (Å²) in [5, 5.41) is 0. The Bertz CT molecular complexity index is 212. The topological polar surface area (TPSA) is 47.3 Å². The molecule has 140 valence electrons. The lowest BCUT2D eigenvalue weighted by Gasteiger charge is -2.16. The van der Waals surface area contributed by atoms with Crippen molar-refractivity contribution in [2.24, 2.45) is 5.84 Å². The van der Waals surface area contributed by atoms with Crippen molar-refractivity contribution in [2.45, 2.75) is 123 Å². The predicted molar refractivity (Wildman–Crippen MR) is 102 cm³/mol. The van der Waals surface area contributed by atoms with E-state index in [9.17, 15) is 0 Å². The van der Waals surface area contributed by atoms with E-state index in [1.165, 1.54) is 96.3 Å². The first-order valence-corrected chi connectivity index (χ1v) is 10.4. The van der Waals surface area contributed by atoms with Crippen molar-refractivity contribution in [1.82, 2.24) is 5.43 Å². The van der Waals surface area contributed by atoms with Crippen LogP contribution in [0.2, 0.25) is 0 Å². The van der Waals surface area contributed by atoms with Gasteiger partial charge in [-0.1, -0.05) is 97.3 Å². The minimum absolute atomic E-state index is 0.0511. The van der Waals surface area contributed by atoms with Crippen LogP contribution in [0.3, 0.4) is 0 Å². The Labute approximate surface area is 146 Å². The maximum atomic E-state index is 5.85. The molecule has 0 saturated heterocycles. The van der Waals surface area contributed by atoms with E-state index in [1.54, 1.807) is 0 Å². The Morgan fingerprint density at radius 1 is 0.652 bits per heavy atom. The molecule has 0 spiro atoms. The number of unbranched alkanes of at least 4 members (excludes halogenated alkanes) is 13. The quantitative estimate of drug-likeness (QED) is 0.131. The average Bonchev–Trinajstić information content (AvgIpc) is 2.57. The van der Waals surface area contributed by atoms with Gasteiger partial charge in [-0.15, -0.1) is 0 Å². The summed E-state index contributed by atoms with van der Waals surface area (Å²) < 4.78 is 5.85. The Balaban J connectivity index is 3.28. The van der Waals surface area contributed by atoms with E-state index in [2.05, 4.69) is 19.3 Å². The second-order valence-electron chi connectivity index (χ2n) is 6.91. The Kier molecular flexibility index (Phi) is 19.8. The second kappa shape index (κ2) is 19.9. The third-order valence-electron chi connectivity index (χ3n) is 4.57. The molecule has 0 aliphatic carbocycles. The maximum absolute atomic E-state index is 5.85. The molecule has 23 heavy (non-hydrogen) atoms. The van der Waals surface area contributed by atoms with Crippen LogP contribution in [0.25, 0.3) is 0 Å². The van der Waals surface area contributed by atoms with E-state index in [-0.39, 0.29) is 6.23 Å². The summed E-state index contributed by atoms with van der Waals surface area (Å²) in [6.07, 6.45) is 21.2. The third-order valence-corrected chi connectivity index (χ3v) is 4.57. The van der Waals surface area contributed by atoms with Gasteiger partial charge in [-0.2, -0.15) is 0 Å². The number of rotatable bonds is 19. The summed E-state index contributed by atoms with van der Waals surface area (Å²) >= 11 is 0. The normalized spacial score (nSPS) is 12.7. The Morgan fingerprint density at radius 3 is 1.57 bits per heavy atom. The lowest BCUT2D eigenvalue weighted by Crippen LogP contribution is -2.37. The fourth-order valence-corrected chi connectivity index (χ4v) is 2.96. The summed E-state index contributed by atoms with van der Waals surface area (Å²) in [7, 11) is 0. The molecule has 0 aliphatic heterocycles. The minimum Gasteiger partial charge on any atom is -0.362 e. The molecule has 0 amide bonds. The Morgan fingerprint density at radius 2 is 1.09 bits per heavy atom. The number of hydrogen-bond acceptors (Lipinski definition) is 3. The standard InChI is InChI=1S/C20H44N2O/c1-3-5-7-9-11-13-15-17-19-23-20(22-21)18-16-14-12-10-8-6-4-2/h20,22H,3-19,21H2,1-2H3. The molecule has 1 unspecified atom stereocenters. The zero-order valence-electron chi connectivity index (χ0n) is 16.1. The van der Waals surface area contributed by atoms with Crippen molar-refractivity contribution in [3.63, 3.8) is 0 Å². The van der Waals surface area contributed by atoms with Crippen LogP contribution >= 0.6 is 0 Å². The van der Waals surface area contributed by atoms with Crippen LogP contribution in [-0.4, -0.2) is 12.8 Å². The van der Waals surface area contributed by atoms with Crippen LogP contribution in [0.4, 0.5) is 0 Å². The molecule has 0 radical (unpaired) electrons. The van der Waals surface area contributed by atoms with Crippen LogP contribution in [0.15, 0.2) is 0 Å². The van der Waals surface area contributed by atoms with Crippen molar-refractivity contribution in [3.8, 4) is 0 Å². The lowest BCUT2D eigenvalue weighted by atomic mass is 10.1. The third kappa shape index (κ3) is 18.1. The largest absolute Gasteiger partial charge is 0.362 e. The van der Waals surface area contributed by atoms with E-state index < -0.39 is 0 Å². The first kappa shape index (κ1) is 22.9. The van der Waals surface area contributed by atoms with Crippen molar-refractivity contribution in [1.29, 1.82) is 0 Å². The fourth-order valence-electron chi connectivity index (χ4n) is 2.96. The summed E-state index contributed by atoms with van der Waals surface area (Å²) in [4.78, 5) is 0. The highest BCUT2D eigenvalue weighted by atomic mass is 16.5. The number of hydrogen-bond donors (Lipinski definition) is 2. The van der Waals surface area contributed by atoms with Crippen LogP contribution in [0, 0.1) is 0 Å². The summed E-state index contributed by atoms with van der Waals surface area (Å²) in [6, 6.07) is 0. The van der Waals surface area contributed by atoms with Crippen LogP contribution in [0.5, 0.6) is 0 Å². The molecule has 3 N–H and O–H groups in total. The van der Waals surface area contributed by atoms with E-state index >= 15 is 0 Å². The zero-order chi connectivity index (χ0) is 17.0. The van der Waals surface area contributed by atoms with Gasteiger partial charge in [0, 0.05) is 6.61 Å². The molecule has 0 fully saturated rings. The van der Waals surface area contributed by atoms with Gasteiger partial charge >= 0.3 is 0 Å². The first-order chi connectivity index (χ1) is 11.3.